The van der Waals surface area contributed by atoms with Gasteiger partial charge in [0.2, 0.25) is 10.0 Å². The topological polar surface area (TPSA) is 84.5 Å². The van der Waals surface area contributed by atoms with E-state index in [9.17, 15) is 17.6 Å². The Morgan fingerprint density at radius 1 is 1.15 bits per heavy atom. The summed E-state index contributed by atoms with van der Waals surface area (Å²) in [6.07, 6.45) is 1.67. The fraction of sp³-hybridized carbons (Fsp3) is 0.278. The number of rotatable bonds is 8. The first-order chi connectivity index (χ1) is 12.5. The van der Waals surface area contributed by atoms with Crippen molar-refractivity contribution in [2.75, 3.05) is 13.2 Å². The van der Waals surface area contributed by atoms with Gasteiger partial charge in [0.05, 0.1) is 11.4 Å². The van der Waals surface area contributed by atoms with Crippen molar-refractivity contribution >= 4 is 15.9 Å². The van der Waals surface area contributed by atoms with Crippen LogP contribution in [0.25, 0.3) is 0 Å². The van der Waals surface area contributed by atoms with Crippen LogP contribution in [0.15, 0.2) is 53.4 Å². The number of carbonyl (C=O) groups excluding carboxylic acids is 1. The molecule has 6 nitrogen and oxygen atoms in total. The quantitative estimate of drug-likeness (QED) is 0.689. The molecule has 8 heteroatoms. The number of para-hydroxylation sites is 1. The van der Waals surface area contributed by atoms with Crippen LogP contribution in [0.3, 0.4) is 0 Å². The predicted octanol–water partition coefficient (Wildman–Crippen LogP) is 2.08. The maximum Gasteiger partial charge on any atom is 0.251 e. The molecule has 0 saturated heterocycles. The number of sulfonamides is 1. The highest BCUT2D eigenvalue weighted by molar-refractivity contribution is 7.89. The number of benzene rings is 2. The first kappa shape index (κ1) is 18.3. The highest BCUT2D eigenvalue weighted by Gasteiger charge is 2.28. The lowest BCUT2D eigenvalue weighted by molar-refractivity contribution is 0.0946. The molecule has 2 aromatic carbocycles. The van der Waals surface area contributed by atoms with Crippen LogP contribution in [0, 0.1) is 5.82 Å². The molecule has 138 valence electrons. The standard InChI is InChI=1S/C18H19FN2O4S/c19-16-6-1-2-7-17(16)25-11-10-20-18(22)13-4-3-5-15(12-13)26(23,24)21-14-8-9-14/h1-7,12,14,21H,8-11H2,(H,20,22). The Morgan fingerprint density at radius 3 is 2.65 bits per heavy atom. The largest absolute Gasteiger partial charge is 0.489 e. The molecular weight excluding hydrogens is 359 g/mol. The Morgan fingerprint density at radius 2 is 1.92 bits per heavy atom. The zero-order valence-electron chi connectivity index (χ0n) is 13.9. The molecule has 1 aliphatic carbocycles. The van der Waals surface area contributed by atoms with Crippen molar-refractivity contribution in [1.29, 1.82) is 0 Å². The van der Waals surface area contributed by atoms with E-state index in [2.05, 4.69) is 10.0 Å². The molecule has 0 radical (unpaired) electrons. The summed E-state index contributed by atoms with van der Waals surface area (Å²) in [4.78, 5) is 12.2. The summed E-state index contributed by atoms with van der Waals surface area (Å²) in [5.41, 5.74) is 0.231. The van der Waals surface area contributed by atoms with Crippen LogP contribution in [0.4, 0.5) is 4.39 Å². The number of carbonyl (C=O) groups is 1. The maximum absolute atomic E-state index is 13.4. The Bertz CT molecular complexity index is 898. The highest BCUT2D eigenvalue weighted by Crippen LogP contribution is 2.22. The van der Waals surface area contributed by atoms with Crippen molar-refractivity contribution in [3.05, 3.63) is 59.9 Å². The summed E-state index contributed by atoms with van der Waals surface area (Å²) in [6, 6.07) is 11.8. The Labute approximate surface area is 151 Å². The minimum Gasteiger partial charge on any atom is -0.489 e. The molecule has 1 saturated carbocycles. The van der Waals surface area contributed by atoms with Crippen LogP contribution < -0.4 is 14.8 Å². The number of hydrogen-bond donors (Lipinski definition) is 2. The second-order valence-electron chi connectivity index (χ2n) is 5.96. The Kier molecular flexibility index (Phi) is 5.53. The van der Waals surface area contributed by atoms with Gasteiger partial charge in [0.25, 0.3) is 5.91 Å². The van der Waals surface area contributed by atoms with Gasteiger partial charge in [0.15, 0.2) is 11.6 Å². The summed E-state index contributed by atoms with van der Waals surface area (Å²) < 4.78 is 45.7. The van der Waals surface area contributed by atoms with Crippen LogP contribution in [-0.4, -0.2) is 33.5 Å². The zero-order chi connectivity index (χ0) is 18.6. The van der Waals surface area contributed by atoms with E-state index < -0.39 is 21.7 Å². The molecular formula is C18H19FN2O4S. The van der Waals surface area contributed by atoms with E-state index in [4.69, 9.17) is 4.74 Å². The molecule has 0 bridgehead atoms. The summed E-state index contributed by atoms with van der Waals surface area (Å²) in [6.45, 7) is 0.248. The summed E-state index contributed by atoms with van der Waals surface area (Å²) in [7, 11) is -3.62. The van der Waals surface area contributed by atoms with E-state index >= 15 is 0 Å². The smallest absolute Gasteiger partial charge is 0.251 e. The number of hydrogen-bond acceptors (Lipinski definition) is 4. The van der Waals surface area contributed by atoms with Gasteiger partial charge in [0.1, 0.15) is 6.61 Å². The predicted molar refractivity (Wildman–Crippen MR) is 94.0 cm³/mol. The van der Waals surface area contributed by atoms with Gasteiger partial charge in [-0.2, -0.15) is 0 Å². The molecule has 26 heavy (non-hydrogen) atoms. The van der Waals surface area contributed by atoms with Crippen LogP contribution >= 0.6 is 0 Å². The lowest BCUT2D eigenvalue weighted by Gasteiger charge is -2.10. The molecule has 0 heterocycles. The molecule has 0 spiro atoms. The fourth-order valence-corrected chi connectivity index (χ4v) is 3.63. The third kappa shape index (κ3) is 4.80. The average molecular weight is 378 g/mol. The molecule has 2 aromatic rings. The normalized spacial score (nSPS) is 14.0. The minimum absolute atomic E-state index is 0.00647. The summed E-state index contributed by atoms with van der Waals surface area (Å²) >= 11 is 0. The van der Waals surface area contributed by atoms with E-state index in [1.165, 1.54) is 36.4 Å². The minimum atomic E-state index is -3.62. The fourth-order valence-electron chi connectivity index (χ4n) is 2.28. The van der Waals surface area contributed by atoms with Crippen LogP contribution in [0.1, 0.15) is 23.2 Å². The van der Waals surface area contributed by atoms with Crippen molar-refractivity contribution in [1.82, 2.24) is 10.0 Å². The lowest BCUT2D eigenvalue weighted by atomic mass is 10.2. The number of halogens is 1. The van der Waals surface area contributed by atoms with Crippen molar-refractivity contribution in [3.8, 4) is 5.75 Å². The van der Waals surface area contributed by atoms with E-state index in [0.717, 1.165) is 12.8 Å². The van der Waals surface area contributed by atoms with Crippen LogP contribution in [-0.2, 0) is 10.0 Å². The molecule has 1 aliphatic rings. The van der Waals surface area contributed by atoms with Crippen LogP contribution in [0.2, 0.25) is 0 Å². The molecule has 1 amide bonds. The molecule has 2 N–H and O–H groups in total. The highest BCUT2D eigenvalue weighted by atomic mass is 32.2. The van der Waals surface area contributed by atoms with Gasteiger partial charge in [-0.15, -0.1) is 0 Å². The van der Waals surface area contributed by atoms with E-state index in [-0.39, 0.29) is 35.4 Å². The monoisotopic (exact) mass is 378 g/mol. The molecule has 0 aromatic heterocycles. The molecule has 3 rings (SSSR count). The third-order valence-electron chi connectivity index (χ3n) is 3.79. The number of ether oxygens (including phenoxy) is 1. The molecule has 0 aliphatic heterocycles. The summed E-state index contributed by atoms with van der Waals surface area (Å²) in [5, 5.41) is 2.62. The lowest BCUT2D eigenvalue weighted by Crippen LogP contribution is -2.29. The molecule has 0 unspecified atom stereocenters. The van der Waals surface area contributed by atoms with E-state index in [0.29, 0.717) is 0 Å². The van der Waals surface area contributed by atoms with Crippen molar-refractivity contribution in [2.45, 2.75) is 23.8 Å². The summed E-state index contributed by atoms with van der Waals surface area (Å²) in [5.74, 6) is -0.786. The average Bonchev–Trinajstić information content (AvgIpc) is 3.43. The van der Waals surface area contributed by atoms with Gasteiger partial charge in [-0.1, -0.05) is 18.2 Å². The third-order valence-corrected chi connectivity index (χ3v) is 5.31. The van der Waals surface area contributed by atoms with Crippen molar-refractivity contribution in [2.24, 2.45) is 0 Å². The van der Waals surface area contributed by atoms with Crippen molar-refractivity contribution in [3.63, 3.8) is 0 Å². The number of nitrogens with one attached hydrogen (secondary N) is 2. The SMILES string of the molecule is O=C(NCCOc1ccccc1F)c1cccc(S(=O)(=O)NC2CC2)c1. The van der Waals surface area contributed by atoms with Gasteiger partial charge < -0.3 is 10.1 Å². The first-order valence-corrected chi connectivity index (χ1v) is 9.72. The van der Waals surface area contributed by atoms with E-state index in [1.807, 2.05) is 0 Å². The van der Waals surface area contributed by atoms with Crippen molar-refractivity contribution < 1.29 is 22.3 Å². The maximum atomic E-state index is 13.4. The van der Waals surface area contributed by atoms with Gasteiger partial charge in [-0.3, -0.25) is 4.79 Å². The Hall–Kier alpha value is -2.45. The molecule has 0 atom stereocenters. The van der Waals surface area contributed by atoms with Gasteiger partial charge in [-0.05, 0) is 43.2 Å². The number of amides is 1. The van der Waals surface area contributed by atoms with Gasteiger partial charge >= 0.3 is 0 Å². The Balaban J connectivity index is 1.54. The molecule has 1 fully saturated rings. The van der Waals surface area contributed by atoms with E-state index in [1.54, 1.807) is 12.1 Å². The second-order valence-corrected chi connectivity index (χ2v) is 7.67. The van der Waals surface area contributed by atoms with Gasteiger partial charge in [-0.25, -0.2) is 17.5 Å². The van der Waals surface area contributed by atoms with Crippen LogP contribution in [0.5, 0.6) is 5.75 Å². The van der Waals surface area contributed by atoms with Gasteiger partial charge in [0, 0.05) is 11.6 Å². The zero-order valence-corrected chi connectivity index (χ0v) is 14.8. The second kappa shape index (κ2) is 7.84. The first-order valence-electron chi connectivity index (χ1n) is 8.23.